The van der Waals surface area contributed by atoms with Crippen molar-refractivity contribution in [2.45, 2.75) is 13.3 Å². The minimum absolute atomic E-state index is 0.163. The van der Waals surface area contributed by atoms with E-state index in [2.05, 4.69) is 15.5 Å². The molecule has 23 heavy (non-hydrogen) atoms. The lowest BCUT2D eigenvalue weighted by Crippen LogP contribution is -2.19. The smallest absolute Gasteiger partial charge is 0.246 e. The maximum atomic E-state index is 11.8. The number of aromatic nitrogens is 1. The number of hydrogen-bond acceptors (Lipinski definition) is 7. The summed E-state index contributed by atoms with van der Waals surface area (Å²) in [5.41, 5.74) is 4.12. The highest BCUT2D eigenvalue weighted by Crippen LogP contribution is 2.41. The number of thiazole rings is 1. The molecule has 0 spiro atoms. The maximum Gasteiger partial charge on any atom is 0.246 e. The molecule has 1 amide bonds. The molecule has 1 N–H and O–H groups in total. The number of nitrogens with one attached hydrogen (secondary N) is 1. The Morgan fingerprint density at radius 3 is 3.13 bits per heavy atom. The largest absolute Gasteiger partial charge is 0.493 e. The van der Waals surface area contributed by atoms with Gasteiger partial charge in [0.2, 0.25) is 18.4 Å². The number of ether oxygens (including phenoxy) is 3. The number of benzene rings is 1. The van der Waals surface area contributed by atoms with Gasteiger partial charge in [0.05, 0.1) is 19.7 Å². The Morgan fingerprint density at radius 2 is 2.39 bits per heavy atom. The van der Waals surface area contributed by atoms with Crippen molar-refractivity contribution in [2.75, 3.05) is 13.9 Å². The van der Waals surface area contributed by atoms with Gasteiger partial charge in [0, 0.05) is 16.6 Å². The van der Waals surface area contributed by atoms with Gasteiger partial charge >= 0.3 is 0 Å². The summed E-state index contributed by atoms with van der Waals surface area (Å²) in [6.45, 7) is 2.05. The van der Waals surface area contributed by atoms with Crippen molar-refractivity contribution < 1.29 is 19.0 Å². The average Bonchev–Trinajstić information content (AvgIpc) is 3.15. The van der Waals surface area contributed by atoms with Crippen LogP contribution < -0.4 is 19.6 Å². The van der Waals surface area contributed by atoms with Crippen LogP contribution in [0.15, 0.2) is 22.6 Å². The van der Waals surface area contributed by atoms with Gasteiger partial charge in [-0.2, -0.15) is 5.10 Å². The number of nitrogens with zero attached hydrogens (tertiary/aromatic N) is 2. The first-order chi connectivity index (χ1) is 11.2. The third kappa shape index (κ3) is 3.59. The highest BCUT2D eigenvalue weighted by Gasteiger charge is 2.19. The Labute approximate surface area is 136 Å². The fraction of sp³-hybridized carbons (Fsp3) is 0.267. The predicted molar refractivity (Wildman–Crippen MR) is 85.4 cm³/mol. The topological polar surface area (TPSA) is 82.0 Å². The van der Waals surface area contributed by atoms with Crippen LogP contribution >= 0.6 is 11.3 Å². The van der Waals surface area contributed by atoms with E-state index in [-0.39, 0.29) is 19.1 Å². The van der Waals surface area contributed by atoms with E-state index < -0.39 is 0 Å². The molecule has 0 atom stereocenters. The number of fused-ring (bicyclic) bond motifs is 1. The van der Waals surface area contributed by atoms with E-state index in [1.54, 1.807) is 19.2 Å². The Kier molecular flexibility index (Phi) is 4.42. The lowest BCUT2D eigenvalue weighted by molar-refractivity contribution is -0.120. The highest BCUT2D eigenvalue weighted by atomic mass is 32.1. The summed E-state index contributed by atoms with van der Waals surface area (Å²) in [6.07, 6.45) is 1.73. The zero-order chi connectivity index (χ0) is 16.2. The van der Waals surface area contributed by atoms with Crippen LogP contribution in [-0.2, 0) is 11.2 Å². The van der Waals surface area contributed by atoms with Gasteiger partial charge in [-0.05, 0) is 19.1 Å². The number of aryl methyl sites for hydroxylation is 1. The lowest BCUT2D eigenvalue weighted by Gasteiger charge is -2.05. The molecule has 1 aromatic heterocycles. The second kappa shape index (κ2) is 6.66. The van der Waals surface area contributed by atoms with Crippen molar-refractivity contribution >= 4 is 23.5 Å². The average molecular weight is 333 g/mol. The SMILES string of the molecule is COc1cc(/C=N\NC(=O)Cc2nc(C)cs2)cc2c1OCO2. The van der Waals surface area contributed by atoms with E-state index in [1.165, 1.54) is 17.6 Å². The third-order valence-electron chi connectivity index (χ3n) is 3.06. The molecule has 2 aromatic rings. The summed E-state index contributed by atoms with van der Waals surface area (Å²) in [4.78, 5) is 16.0. The fourth-order valence-electron chi connectivity index (χ4n) is 2.06. The van der Waals surface area contributed by atoms with E-state index >= 15 is 0 Å². The Morgan fingerprint density at radius 1 is 1.52 bits per heavy atom. The van der Waals surface area contributed by atoms with Crippen molar-refractivity contribution in [3.8, 4) is 17.2 Å². The van der Waals surface area contributed by atoms with Crippen LogP contribution in [0.1, 0.15) is 16.3 Å². The molecule has 1 aromatic carbocycles. The molecule has 0 unspecified atom stereocenters. The van der Waals surface area contributed by atoms with Crippen LogP contribution in [0.2, 0.25) is 0 Å². The molecule has 2 heterocycles. The third-order valence-corrected chi connectivity index (χ3v) is 4.03. The van der Waals surface area contributed by atoms with E-state index in [0.29, 0.717) is 17.2 Å². The molecular weight excluding hydrogens is 318 g/mol. The van der Waals surface area contributed by atoms with Crippen molar-refractivity contribution in [3.05, 3.63) is 33.8 Å². The molecule has 1 aliphatic heterocycles. The molecule has 120 valence electrons. The Balaban J connectivity index is 1.63. The van der Waals surface area contributed by atoms with Crippen LogP contribution in [0.3, 0.4) is 0 Å². The molecule has 0 bridgehead atoms. The first-order valence-electron chi connectivity index (χ1n) is 6.86. The molecule has 0 saturated heterocycles. The van der Waals surface area contributed by atoms with Crippen molar-refractivity contribution in [2.24, 2.45) is 5.10 Å². The van der Waals surface area contributed by atoms with E-state index in [1.807, 2.05) is 12.3 Å². The zero-order valence-electron chi connectivity index (χ0n) is 12.7. The number of amides is 1. The fourth-order valence-corrected chi connectivity index (χ4v) is 2.83. The van der Waals surface area contributed by atoms with Gasteiger partial charge in [-0.15, -0.1) is 11.3 Å². The van der Waals surface area contributed by atoms with Gasteiger partial charge in [0.15, 0.2) is 11.5 Å². The molecule has 7 nitrogen and oxygen atoms in total. The quantitative estimate of drug-likeness (QED) is 0.667. The summed E-state index contributed by atoms with van der Waals surface area (Å²) in [6, 6.07) is 3.53. The summed E-state index contributed by atoms with van der Waals surface area (Å²) in [5.74, 6) is 1.51. The highest BCUT2D eigenvalue weighted by molar-refractivity contribution is 7.09. The number of hydrogen-bond donors (Lipinski definition) is 1. The van der Waals surface area contributed by atoms with Crippen LogP contribution in [0.25, 0.3) is 0 Å². The molecule has 0 aliphatic carbocycles. The lowest BCUT2D eigenvalue weighted by atomic mass is 10.2. The van der Waals surface area contributed by atoms with Crippen LogP contribution in [0.5, 0.6) is 17.2 Å². The summed E-state index contributed by atoms with van der Waals surface area (Å²) in [5, 5.41) is 6.62. The Bertz CT molecular complexity index is 757. The van der Waals surface area contributed by atoms with Gasteiger partial charge in [-0.1, -0.05) is 0 Å². The monoisotopic (exact) mass is 333 g/mol. The number of carbonyl (C=O) groups excluding carboxylic acids is 1. The minimum atomic E-state index is -0.219. The summed E-state index contributed by atoms with van der Waals surface area (Å²) < 4.78 is 15.9. The first kappa shape index (κ1) is 15.3. The second-order valence-corrected chi connectivity index (χ2v) is 5.75. The number of methoxy groups -OCH3 is 1. The molecule has 8 heteroatoms. The Hall–Kier alpha value is -2.61. The number of rotatable bonds is 5. The molecule has 0 radical (unpaired) electrons. The van der Waals surface area contributed by atoms with Crippen LogP contribution in [-0.4, -0.2) is 31.0 Å². The second-order valence-electron chi connectivity index (χ2n) is 4.81. The normalized spacial score (nSPS) is 12.6. The maximum absolute atomic E-state index is 11.8. The van der Waals surface area contributed by atoms with Gasteiger partial charge in [0.1, 0.15) is 5.01 Å². The van der Waals surface area contributed by atoms with Crippen molar-refractivity contribution in [1.29, 1.82) is 0 Å². The van der Waals surface area contributed by atoms with E-state index in [0.717, 1.165) is 16.3 Å². The first-order valence-corrected chi connectivity index (χ1v) is 7.74. The molecule has 0 fully saturated rings. The molecule has 1 aliphatic rings. The predicted octanol–water partition coefficient (Wildman–Crippen LogP) is 1.88. The number of carbonyl (C=O) groups is 1. The van der Waals surface area contributed by atoms with Crippen LogP contribution in [0, 0.1) is 6.92 Å². The zero-order valence-corrected chi connectivity index (χ0v) is 13.5. The van der Waals surface area contributed by atoms with Crippen LogP contribution in [0.4, 0.5) is 0 Å². The molecule has 0 saturated carbocycles. The minimum Gasteiger partial charge on any atom is -0.493 e. The summed E-state index contributed by atoms with van der Waals surface area (Å²) in [7, 11) is 1.55. The molecule has 3 rings (SSSR count). The van der Waals surface area contributed by atoms with Gasteiger partial charge in [-0.25, -0.2) is 10.4 Å². The van der Waals surface area contributed by atoms with E-state index in [9.17, 15) is 4.79 Å². The standard InChI is InChI=1S/C15H15N3O4S/c1-9-7-23-14(17-9)5-13(19)18-16-6-10-3-11(20-2)15-12(4-10)21-8-22-15/h3-4,6-7H,5,8H2,1-2H3,(H,18,19)/b16-6-. The molecular formula is C15H15N3O4S. The number of hydrazone groups is 1. The van der Waals surface area contributed by atoms with Gasteiger partial charge in [-0.3, -0.25) is 4.79 Å². The van der Waals surface area contributed by atoms with Crippen molar-refractivity contribution in [1.82, 2.24) is 10.4 Å². The summed E-state index contributed by atoms with van der Waals surface area (Å²) >= 11 is 1.46. The van der Waals surface area contributed by atoms with E-state index in [4.69, 9.17) is 14.2 Å². The van der Waals surface area contributed by atoms with Gasteiger partial charge in [0.25, 0.3) is 0 Å². The van der Waals surface area contributed by atoms with Gasteiger partial charge < -0.3 is 14.2 Å². The van der Waals surface area contributed by atoms with Crippen molar-refractivity contribution in [3.63, 3.8) is 0 Å².